The van der Waals surface area contributed by atoms with E-state index in [1.807, 2.05) is 12.3 Å². The van der Waals surface area contributed by atoms with E-state index in [1.54, 1.807) is 0 Å². The third kappa shape index (κ3) is 3.21. The van der Waals surface area contributed by atoms with Crippen molar-refractivity contribution in [1.29, 1.82) is 0 Å². The fraction of sp³-hybridized carbons (Fsp3) is 0.273. The molecule has 136 valence electrons. The Hall–Kier alpha value is -3.08. The molecule has 1 saturated heterocycles. The number of anilines is 5. The quantitative estimate of drug-likeness (QED) is 0.744. The Labute approximate surface area is 159 Å². The lowest BCUT2D eigenvalue weighted by Crippen LogP contribution is -2.17. The van der Waals surface area contributed by atoms with Crippen molar-refractivity contribution in [2.45, 2.75) is 19.3 Å². The zero-order chi connectivity index (χ0) is 18.1. The molecule has 0 saturated carbocycles. The summed E-state index contributed by atoms with van der Waals surface area (Å²) >= 11 is 0. The lowest BCUT2D eigenvalue weighted by molar-refractivity contribution is 0.941. The van der Waals surface area contributed by atoms with Crippen molar-refractivity contribution in [2.24, 2.45) is 0 Å². The summed E-state index contributed by atoms with van der Waals surface area (Å²) in [4.78, 5) is 13.9. The van der Waals surface area contributed by atoms with Gasteiger partial charge in [-0.15, -0.1) is 0 Å². The van der Waals surface area contributed by atoms with E-state index in [-0.39, 0.29) is 0 Å². The van der Waals surface area contributed by atoms with Crippen LogP contribution in [0.2, 0.25) is 0 Å². The number of para-hydroxylation sites is 1. The fourth-order valence-electron chi connectivity index (χ4n) is 3.97. The van der Waals surface area contributed by atoms with E-state index in [1.165, 1.54) is 42.9 Å². The van der Waals surface area contributed by atoms with Gasteiger partial charge < -0.3 is 15.1 Å². The van der Waals surface area contributed by atoms with Crippen LogP contribution >= 0.6 is 0 Å². The second-order valence-electron chi connectivity index (χ2n) is 7.14. The van der Waals surface area contributed by atoms with Gasteiger partial charge in [0.15, 0.2) is 0 Å². The number of nitrogens with one attached hydrogen (secondary N) is 1. The molecule has 2 aromatic carbocycles. The zero-order valence-electron chi connectivity index (χ0n) is 15.3. The van der Waals surface area contributed by atoms with Crippen molar-refractivity contribution < 1.29 is 0 Å². The number of hydrogen-bond donors (Lipinski definition) is 1. The maximum Gasteiger partial charge on any atom is 0.231 e. The van der Waals surface area contributed by atoms with E-state index in [0.717, 1.165) is 30.4 Å². The molecule has 1 fully saturated rings. The van der Waals surface area contributed by atoms with Crippen molar-refractivity contribution in [3.05, 3.63) is 66.4 Å². The van der Waals surface area contributed by atoms with Gasteiger partial charge >= 0.3 is 0 Å². The topological polar surface area (TPSA) is 44.3 Å². The summed E-state index contributed by atoms with van der Waals surface area (Å²) in [6.07, 6.45) is 5.45. The minimum atomic E-state index is 0.749. The predicted octanol–water partition coefficient (Wildman–Crippen LogP) is 4.51. The number of nitrogens with zero attached hydrogens (tertiary/aromatic N) is 4. The van der Waals surface area contributed by atoms with E-state index in [0.29, 0.717) is 0 Å². The van der Waals surface area contributed by atoms with Gasteiger partial charge in [0, 0.05) is 42.9 Å². The summed E-state index contributed by atoms with van der Waals surface area (Å²) in [7, 11) is 0. The Morgan fingerprint density at radius 2 is 1.67 bits per heavy atom. The molecule has 27 heavy (non-hydrogen) atoms. The van der Waals surface area contributed by atoms with Gasteiger partial charge in [-0.1, -0.05) is 18.2 Å². The van der Waals surface area contributed by atoms with E-state index >= 15 is 0 Å². The Morgan fingerprint density at radius 3 is 2.52 bits per heavy atom. The summed E-state index contributed by atoms with van der Waals surface area (Å²) in [6, 6.07) is 19.0. The lowest BCUT2D eigenvalue weighted by Gasteiger charge is -2.19. The maximum absolute atomic E-state index is 4.74. The van der Waals surface area contributed by atoms with Gasteiger partial charge in [0.2, 0.25) is 5.95 Å². The predicted molar refractivity (Wildman–Crippen MR) is 110 cm³/mol. The molecule has 5 rings (SSSR count). The third-order valence-corrected chi connectivity index (χ3v) is 5.38. The molecule has 5 heteroatoms. The Bertz CT molecular complexity index is 931. The highest BCUT2D eigenvalue weighted by Crippen LogP contribution is 2.32. The Balaban J connectivity index is 1.34. The molecule has 3 aromatic rings. The lowest BCUT2D eigenvalue weighted by atomic mass is 10.2. The van der Waals surface area contributed by atoms with Crippen LogP contribution in [0.3, 0.4) is 0 Å². The smallest absolute Gasteiger partial charge is 0.231 e. The summed E-state index contributed by atoms with van der Waals surface area (Å²) in [5.74, 6) is 1.57. The molecule has 0 aliphatic carbocycles. The molecule has 0 amide bonds. The zero-order valence-corrected chi connectivity index (χ0v) is 15.3. The van der Waals surface area contributed by atoms with Crippen LogP contribution in [0.25, 0.3) is 0 Å². The first-order valence-electron chi connectivity index (χ1n) is 9.67. The molecule has 0 atom stereocenters. The molecule has 5 nitrogen and oxygen atoms in total. The number of benzene rings is 2. The number of aromatic nitrogens is 2. The van der Waals surface area contributed by atoms with Crippen LogP contribution in [0.5, 0.6) is 0 Å². The first-order chi connectivity index (χ1) is 13.4. The molecule has 0 unspecified atom stereocenters. The standard InChI is InChI=1S/C22H23N5/c1-2-6-20-17(5-1)12-16-27(20)22-23-13-11-21(25-22)24-18-7-9-19(10-8-18)26-14-3-4-15-26/h1-2,5-11,13H,3-4,12,14-16H2,(H,23,24,25). The van der Waals surface area contributed by atoms with Crippen LogP contribution in [-0.2, 0) is 6.42 Å². The van der Waals surface area contributed by atoms with E-state index in [4.69, 9.17) is 4.98 Å². The van der Waals surface area contributed by atoms with Crippen molar-refractivity contribution in [2.75, 3.05) is 34.8 Å². The molecule has 0 spiro atoms. The summed E-state index contributed by atoms with van der Waals surface area (Å²) < 4.78 is 0. The number of hydrogen-bond acceptors (Lipinski definition) is 5. The highest BCUT2D eigenvalue weighted by Gasteiger charge is 2.21. The highest BCUT2D eigenvalue weighted by molar-refractivity contribution is 5.67. The highest BCUT2D eigenvalue weighted by atomic mass is 15.3. The van der Waals surface area contributed by atoms with Crippen molar-refractivity contribution in [3.8, 4) is 0 Å². The summed E-state index contributed by atoms with van der Waals surface area (Å²) in [5.41, 5.74) is 4.92. The van der Waals surface area contributed by atoms with Crippen molar-refractivity contribution in [1.82, 2.24) is 9.97 Å². The first kappa shape index (κ1) is 16.1. The van der Waals surface area contributed by atoms with Gasteiger partial charge in [-0.05, 0) is 61.2 Å². The second kappa shape index (κ2) is 6.91. The Kier molecular flexibility index (Phi) is 4.13. The molecule has 1 aromatic heterocycles. The van der Waals surface area contributed by atoms with Crippen LogP contribution in [0, 0.1) is 0 Å². The fourth-order valence-corrected chi connectivity index (χ4v) is 3.97. The van der Waals surface area contributed by atoms with Crippen LogP contribution < -0.4 is 15.1 Å². The van der Waals surface area contributed by atoms with Gasteiger partial charge in [0.1, 0.15) is 5.82 Å². The molecule has 0 bridgehead atoms. The number of fused-ring (bicyclic) bond motifs is 1. The molecule has 2 aliphatic rings. The van der Waals surface area contributed by atoms with Gasteiger partial charge in [-0.25, -0.2) is 4.98 Å². The average molecular weight is 357 g/mol. The van der Waals surface area contributed by atoms with Crippen LogP contribution in [0.15, 0.2) is 60.8 Å². The van der Waals surface area contributed by atoms with Crippen LogP contribution in [-0.4, -0.2) is 29.6 Å². The van der Waals surface area contributed by atoms with Gasteiger partial charge in [-0.3, -0.25) is 0 Å². The molecule has 3 heterocycles. The molecule has 0 radical (unpaired) electrons. The molecule has 1 N–H and O–H groups in total. The van der Waals surface area contributed by atoms with Crippen molar-refractivity contribution >= 4 is 28.8 Å². The summed E-state index contributed by atoms with van der Waals surface area (Å²) in [6.45, 7) is 3.26. The van der Waals surface area contributed by atoms with Crippen molar-refractivity contribution in [3.63, 3.8) is 0 Å². The SMILES string of the molecule is c1ccc2c(c1)CCN2c1nccc(Nc2ccc(N3CCCC3)cc2)n1. The average Bonchev–Trinajstić information content (AvgIpc) is 3.39. The number of rotatable bonds is 4. The van der Waals surface area contributed by atoms with Crippen LogP contribution in [0.4, 0.5) is 28.8 Å². The van der Waals surface area contributed by atoms with E-state index in [2.05, 4.69) is 68.6 Å². The minimum Gasteiger partial charge on any atom is -0.372 e. The normalized spacial score (nSPS) is 15.9. The van der Waals surface area contributed by atoms with Gasteiger partial charge in [0.25, 0.3) is 0 Å². The second-order valence-corrected chi connectivity index (χ2v) is 7.14. The van der Waals surface area contributed by atoms with Gasteiger partial charge in [0.05, 0.1) is 0 Å². The van der Waals surface area contributed by atoms with Crippen LogP contribution in [0.1, 0.15) is 18.4 Å². The van der Waals surface area contributed by atoms with E-state index in [9.17, 15) is 0 Å². The Morgan fingerprint density at radius 1 is 0.852 bits per heavy atom. The molecule has 2 aliphatic heterocycles. The molecular weight excluding hydrogens is 334 g/mol. The summed E-state index contributed by atoms with van der Waals surface area (Å²) in [5, 5.41) is 3.41. The minimum absolute atomic E-state index is 0.749. The largest absolute Gasteiger partial charge is 0.372 e. The maximum atomic E-state index is 4.74. The first-order valence-corrected chi connectivity index (χ1v) is 9.67. The van der Waals surface area contributed by atoms with E-state index < -0.39 is 0 Å². The molecular formula is C22H23N5. The third-order valence-electron chi connectivity index (χ3n) is 5.38. The monoisotopic (exact) mass is 357 g/mol. The van der Waals surface area contributed by atoms with Gasteiger partial charge in [-0.2, -0.15) is 4.98 Å².